The molecule has 1 amide bonds. The lowest BCUT2D eigenvalue weighted by Gasteiger charge is -2.32. The van der Waals surface area contributed by atoms with Gasteiger partial charge in [-0.3, -0.25) is 4.79 Å². The molecule has 1 aliphatic carbocycles. The second-order valence-corrected chi connectivity index (χ2v) is 8.80. The largest absolute Gasteiger partial charge is 0.383 e. The minimum Gasteiger partial charge on any atom is -0.383 e. The zero-order chi connectivity index (χ0) is 21.3. The number of anilines is 1. The predicted molar refractivity (Wildman–Crippen MR) is 123 cm³/mol. The first-order valence-corrected chi connectivity index (χ1v) is 11.7. The van der Waals surface area contributed by atoms with E-state index in [1.54, 1.807) is 7.11 Å². The van der Waals surface area contributed by atoms with Crippen LogP contribution in [0.25, 0.3) is 0 Å². The molecule has 0 atom stereocenters. The number of thioether (sulfide) groups is 1. The maximum atomic E-state index is 12.2. The van der Waals surface area contributed by atoms with Gasteiger partial charge in [0.15, 0.2) is 5.16 Å². The molecule has 0 saturated heterocycles. The number of aromatic nitrogens is 2. The van der Waals surface area contributed by atoms with Crippen LogP contribution in [-0.4, -0.2) is 49.2 Å². The van der Waals surface area contributed by atoms with Crippen LogP contribution >= 0.6 is 23.4 Å². The molecule has 0 radical (unpaired) electrons. The Morgan fingerprint density at radius 2 is 2.07 bits per heavy atom. The van der Waals surface area contributed by atoms with Crippen LogP contribution in [0, 0.1) is 0 Å². The van der Waals surface area contributed by atoms with Crippen LogP contribution < -0.4 is 10.2 Å². The lowest BCUT2D eigenvalue weighted by Crippen LogP contribution is -2.34. The van der Waals surface area contributed by atoms with Gasteiger partial charge in [0.1, 0.15) is 11.0 Å². The molecule has 3 rings (SSSR count). The van der Waals surface area contributed by atoms with E-state index in [4.69, 9.17) is 21.3 Å². The lowest BCUT2D eigenvalue weighted by molar-refractivity contribution is 0.0937. The van der Waals surface area contributed by atoms with Gasteiger partial charge in [-0.1, -0.05) is 54.8 Å². The molecule has 0 aliphatic heterocycles. The van der Waals surface area contributed by atoms with E-state index in [2.05, 4.69) is 22.2 Å². The van der Waals surface area contributed by atoms with Gasteiger partial charge in [0.25, 0.3) is 5.91 Å². The number of halogens is 1. The van der Waals surface area contributed by atoms with E-state index in [1.165, 1.54) is 43.9 Å². The minimum atomic E-state index is -0.103. The van der Waals surface area contributed by atoms with Crippen LogP contribution in [0.3, 0.4) is 0 Å². The van der Waals surface area contributed by atoms with Crippen molar-refractivity contribution in [2.24, 2.45) is 0 Å². The molecule has 2 aromatic rings. The number of nitrogens with zero attached hydrogens (tertiary/aromatic N) is 3. The summed E-state index contributed by atoms with van der Waals surface area (Å²) in [5.41, 5.74) is 1.67. The fraction of sp³-hybridized carbons (Fsp3) is 0.500. The number of benzene rings is 1. The standard InChI is InChI=1S/C22H29ClN4O2S/c1-27(18-9-4-3-5-10-18)20-14-19(23)25-22(26-20)30-15-16-7-6-8-17(13-16)21(28)24-11-12-29-2/h6-8,13-14,18H,3-5,9-12,15H2,1-2H3,(H,24,28). The van der Waals surface area contributed by atoms with Gasteiger partial charge in [-0.15, -0.1) is 0 Å². The van der Waals surface area contributed by atoms with Gasteiger partial charge in [-0.2, -0.15) is 0 Å². The number of rotatable bonds is 9. The van der Waals surface area contributed by atoms with Crippen molar-refractivity contribution in [1.82, 2.24) is 15.3 Å². The van der Waals surface area contributed by atoms with Gasteiger partial charge in [-0.05, 0) is 30.5 Å². The summed E-state index contributed by atoms with van der Waals surface area (Å²) in [5.74, 6) is 1.43. The molecule has 1 aromatic carbocycles. The summed E-state index contributed by atoms with van der Waals surface area (Å²) in [5, 5.41) is 3.94. The Bertz CT molecular complexity index is 846. The third-order valence-corrected chi connectivity index (χ3v) is 6.41. The van der Waals surface area contributed by atoms with Crippen LogP contribution in [0.4, 0.5) is 5.82 Å². The molecule has 0 bridgehead atoms. The number of hydrogen-bond acceptors (Lipinski definition) is 6. The first-order chi connectivity index (χ1) is 14.6. The topological polar surface area (TPSA) is 67.3 Å². The van der Waals surface area contributed by atoms with E-state index in [1.807, 2.05) is 30.3 Å². The number of carbonyl (C=O) groups is 1. The molecule has 162 valence electrons. The summed E-state index contributed by atoms with van der Waals surface area (Å²) in [4.78, 5) is 23.6. The number of carbonyl (C=O) groups excluding carboxylic acids is 1. The average molecular weight is 449 g/mol. The van der Waals surface area contributed by atoms with Crippen molar-refractivity contribution in [3.63, 3.8) is 0 Å². The van der Waals surface area contributed by atoms with Crippen molar-refractivity contribution >= 4 is 35.1 Å². The maximum Gasteiger partial charge on any atom is 0.251 e. The summed E-state index contributed by atoms with van der Waals surface area (Å²) in [6.07, 6.45) is 6.24. The van der Waals surface area contributed by atoms with Crippen LogP contribution in [-0.2, 0) is 10.5 Å². The number of amides is 1. The number of ether oxygens (including phenoxy) is 1. The Labute approximate surface area is 187 Å². The molecule has 1 fully saturated rings. The third-order valence-electron chi connectivity index (χ3n) is 5.29. The van der Waals surface area contributed by atoms with Gasteiger partial charge in [0.05, 0.1) is 6.61 Å². The molecule has 0 spiro atoms. The van der Waals surface area contributed by atoms with E-state index < -0.39 is 0 Å². The zero-order valence-corrected chi connectivity index (χ0v) is 19.1. The molecule has 6 nitrogen and oxygen atoms in total. The quantitative estimate of drug-likeness (QED) is 0.262. The van der Waals surface area contributed by atoms with Crippen molar-refractivity contribution < 1.29 is 9.53 Å². The van der Waals surface area contributed by atoms with Gasteiger partial charge < -0.3 is 15.0 Å². The Hall–Kier alpha value is -1.83. The Kier molecular flexibility index (Phi) is 8.78. The summed E-state index contributed by atoms with van der Waals surface area (Å²) in [6, 6.07) is 9.94. The number of methoxy groups -OCH3 is 1. The second-order valence-electron chi connectivity index (χ2n) is 7.47. The molecule has 1 aliphatic rings. The van der Waals surface area contributed by atoms with E-state index >= 15 is 0 Å². The SMILES string of the molecule is COCCNC(=O)c1cccc(CSc2nc(Cl)cc(N(C)C3CCCCC3)n2)c1. The van der Waals surface area contributed by atoms with Crippen LogP contribution in [0.1, 0.15) is 48.0 Å². The molecule has 0 unspecified atom stereocenters. The van der Waals surface area contributed by atoms with Gasteiger partial charge in [0, 0.05) is 44.1 Å². The lowest BCUT2D eigenvalue weighted by atomic mass is 9.94. The van der Waals surface area contributed by atoms with E-state index in [9.17, 15) is 4.79 Å². The fourth-order valence-corrected chi connectivity index (χ4v) is 4.63. The van der Waals surface area contributed by atoms with Crippen LogP contribution in [0.2, 0.25) is 5.15 Å². The van der Waals surface area contributed by atoms with Gasteiger partial charge in [0.2, 0.25) is 0 Å². The third kappa shape index (κ3) is 6.59. The highest BCUT2D eigenvalue weighted by Crippen LogP contribution is 2.28. The highest BCUT2D eigenvalue weighted by atomic mass is 35.5. The van der Waals surface area contributed by atoms with Crippen molar-refractivity contribution in [1.29, 1.82) is 0 Å². The molecular formula is C22H29ClN4O2S. The van der Waals surface area contributed by atoms with E-state index in [0.717, 1.165) is 11.4 Å². The molecule has 30 heavy (non-hydrogen) atoms. The number of hydrogen-bond donors (Lipinski definition) is 1. The van der Waals surface area contributed by atoms with Crippen LogP contribution in [0.15, 0.2) is 35.5 Å². The van der Waals surface area contributed by atoms with Crippen molar-refractivity contribution in [2.75, 3.05) is 32.2 Å². The fourth-order valence-electron chi connectivity index (χ4n) is 3.60. The molecule has 1 heterocycles. The molecule has 1 N–H and O–H groups in total. The summed E-state index contributed by atoms with van der Waals surface area (Å²) < 4.78 is 4.97. The second kappa shape index (κ2) is 11.5. The molecular weight excluding hydrogens is 420 g/mol. The van der Waals surface area contributed by atoms with Crippen molar-refractivity contribution in [3.05, 3.63) is 46.6 Å². The molecule has 1 aromatic heterocycles. The van der Waals surface area contributed by atoms with Gasteiger partial charge >= 0.3 is 0 Å². The smallest absolute Gasteiger partial charge is 0.251 e. The van der Waals surface area contributed by atoms with E-state index in [0.29, 0.717) is 40.8 Å². The summed E-state index contributed by atoms with van der Waals surface area (Å²) in [6.45, 7) is 0.979. The molecule has 1 saturated carbocycles. The first kappa shape index (κ1) is 22.8. The van der Waals surface area contributed by atoms with Gasteiger partial charge in [-0.25, -0.2) is 9.97 Å². The Balaban J connectivity index is 1.63. The minimum absolute atomic E-state index is 0.103. The predicted octanol–water partition coefficient (Wildman–Crippen LogP) is 4.57. The summed E-state index contributed by atoms with van der Waals surface area (Å²) in [7, 11) is 3.70. The number of nitrogens with one attached hydrogen (secondary N) is 1. The Morgan fingerprint density at radius 1 is 1.27 bits per heavy atom. The first-order valence-electron chi connectivity index (χ1n) is 10.3. The average Bonchev–Trinajstić information content (AvgIpc) is 2.77. The zero-order valence-electron chi connectivity index (χ0n) is 17.6. The normalized spacial score (nSPS) is 14.5. The monoisotopic (exact) mass is 448 g/mol. The molecule has 8 heteroatoms. The van der Waals surface area contributed by atoms with Crippen LogP contribution in [0.5, 0.6) is 0 Å². The highest BCUT2D eigenvalue weighted by Gasteiger charge is 2.20. The van der Waals surface area contributed by atoms with E-state index in [-0.39, 0.29) is 5.91 Å². The van der Waals surface area contributed by atoms with Crippen molar-refractivity contribution in [2.45, 2.75) is 49.1 Å². The maximum absolute atomic E-state index is 12.2. The van der Waals surface area contributed by atoms with Crippen molar-refractivity contribution in [3.8, 4) is 0 Å². The summed E-state index contributed by atoms with van der Waals surface area (Å²) >= 11 is 7.81. The Morgan fingerprint density at radius 3 is 2.83 bits per heavy atom. The highest BCUT2D eigenvalue weighted by molar-refractivity contribution is 7.98.